The SMILES string of the molecule is Cl.O=C(O)CN1CCC(c2ncc(NC3CCC(=O)NC3=O)cc2F)CC1. The maximum atomic E-state index is 14.5. The molecule has 27 heavy (non-hydrogen) atoms. The lowest BCUT2D eigenvalue weighted by Crippen LogP contribution is -2.47. The summed E-state index contributed by atoms with van der Waals surface area (Å²) in [5.41, 5.74) is 0.762. The number of hydrogen-bond donors (Lipinski definition) is 3. The van der Waals surface area contributed by atoms with Crippen LogP contribution in [0.15, 0.2) is 12.3 Å². The number of hydrogen-bond acceptors (Lipinski definition) is 6. The summed E-state index contributed by atoms with van der Waals surface area (Å²) in [6.07, 6.45) is 3.39. The van der Waals surface area contributed by atoms with Gasteiger partial charge in [-0.3, -0.25) is 29.6 Å². The minimum absolute atomic E-state index is 0. The Morgan fingerprint density at radius 3 is 2.63 bits per heavy atom. The average molecular weight is 401 g/mol. The maximum absolute atomic E-state index is 14.5. The van der Waals surface area contributed by atoms with Gasteiger partial charge in [0.25, 0.3) is 0 Å². The van der Waals surface area contributed by atoms with E-state index < -0.39 is 23.7 Å². The number of likely N-dealkylation sites (tertiary alicyclic amines) is 1. The molecule has 0 spiro atoms. The summed E-state index contributed by atoms with van der Waals surface area (Å²) < 4.78 is 14.5. The highest BCUT2D eigenvalue weighted by Gasteiger charge is 2.28. The number of pyridine rings is 1. The quantitative estimate of drug-likeness (QED) is 0.635. The molecule has 8 nitrogen and oxygen atoms in total. The van der Waals surface area contributed by atoms with Crippen molar-refractivity contribution in [3.63, 3.8) is 0 Å². The van der Waals surface area contributed by atoms with Crippen molar-refractivity contribution in [1.29, 1.82) is 0 Å². The molecule has 0 bridgehead atoms. The Kier molecular flexibility index (Phi) is 7.09. The third kappa shape index (κ3) is 5.36. The lowest BCUT2D eigenvalue weighted by Gasteiger charge is -2.30. The molecule has 2 saturated heterocycles. The fourth-order valence-corrected chi connectivity index (χ4v) is 3.42. The average Bonchev–Trinajstić information content (AvgIpc) is 2.58. The van der Waals surface area contributed by atoms with Gasteiger partial charge in [0.2, 0.25) is 11.8 Å². The first-order valence-corrected chi connectivity index (χ1v) is 8.62. The first-order chi connectivity index (χ1) is 12.4. The number of amides is 2. The second-order valence-corrected chi connectivity index (χ2v) is 6.68. The summed E-state index contributed by atoms with van der Waals surface area (Å²) in [6.45, 7) is 1.18. The lowest BCUT2D eigenvalue weighted by molar-refractivity contribution is -0.138. The van der Waals surface area contributed by atoms with Crippen LogP contribution in [0.2, 0.25) is 0 Å². The van der Waals surface area contributed by atoms with Crippen LogP contribution in [-0.4, -0.2) is 58.5 Å². The second kappa shape index (κ2) is 9.09. The third-order valence-corrected chi connectivity index (χ3v) is 4.78. The van der Waals surface area contributed by atoms with Crippen LogP contribution in [0.3, 0.4) is 0 Å². The largest absolute Gasteiger partial charge is 0.480 e. The normalized spacial score (nSPS) is 21.3. The van der Waals surface area contributed by atoms with Crippen LogP contribution in [0.25, 0.3) is 0 Å². The number of anilines is 1. The molecule has 1 unspecified atom stereocenters. The fourth-order valence-electron chi connectivity index (χ4n) is 3.42. The van der Waals surface area contributed by atoms with E-state index in [1.807, 2.05) is 4.90 Å². The minimum Gasteiger partial charge on any atom is -0.480 e. The topological polar surface area (TPSA) is 112 Å². The zero-order chi connectivity index (χ0) is 18.7. The van der Waals surface area contributed by atoms with Crippen LogP contribution in [0, 0.1) is 5.82 Å². The molecular formula is C17H22ClFN4O4. The van der Waals surface area contributed by atoms with E-state index in [0.29, 0.717) is 43.7 Å². The molecule has 1 aromatic heterocycles. The molecule has 1 atom stereocenters. The zero-order valence-corrected chi connectivity index (χ0v) is 15.4. The predicted octanol–water partition coefficient (Wildman–Crippen LogP) is 1.12. The van der Waals surface area contributed by atoms with Crippen LogP contribution in [0.1, 0.15) is 37.3 Å². The van der Waals surface area contributed by atoms with Crippen molar-refractivity contribution in [2.75, 3.05) is 25.0 Å². The Balaban J connectivity index is 0.00000261. The monoisotopic (exact) mass is 400 g/mol. The molecule has 2 aliphatic rings. The predicted molar refractivity (Wildman–Crippen MR) is 97.3 cm³/mol. The van der Waals surface area contributed by atoms with Crippen molar-refractivity contribution < 1.29 is 23.9 Å². The van der Waals surface area contributed by atoms with Crippen molar-refractivity contribution in [1.82, 2.24) is 15.2 Å². The molecule has 0 radical (unpaired) electrons. The fraction of sp³-hybridized carbons (Fsp3) is 0.529. The molecular weight excluding hydrogens is 379 g/mol. The van der Waals surface area contributed by atoms with Gasteiger partial charge in [-0.2, -0.15) is 0 Å². The number of aromatic nitrogens is 1. The number of nitrogens with zero attached hydrogens (tertiary/aromatic N) is 2. The summed E-state index contributed by atoms with van der Waals surface area (Å²) in [5, 5.41) is 14.0. The van der Waals surface area contributed by atoms with Crippen molar-refractivity contribution >= 4 is 35.9 Å². The van der Waals surface area contributed by atoms with E-state index in [1.165, 1.54) is 12.3 Å². The molecule has 0 aromatic carbocycles. The number of piperidine rings is 2. The summed E-state index contributed by atoms with van der Waals surface area (Å²) in [7, 11) is 0. The zero-order valence-electron chi connectivity index (χ0n) is 14.6. The Morgan fingerprint density at radius 1 is 1.33 bits per heavy atom. The number of carboxylic acids is 1. The lowest BCUT2D eigenvalue weighted by atomic mass is 9.92. The van der Waals surface area contributed by atoms with Gasteiger partial charge in [0.1, 0.15) is 11.9 Å². The number of rotatable bonds is 5. The first-order valence-electron chi connectivity index (χ1n) is 8.62. The smallest absolute Gasteiger partial charge is 0.317 e. The standard InChI is InChI=1S/C17H21FN4O4.ClH/c18-12-7-11(20-13-1-2-14(23)21-17(13)26)8-19-16(12)10-3-5-22(6-4-10)9-15(24)25;/h7-8,10,13,20H,1-6,9H2,(H,24,25)(H,21,23,26);1H. The number of halogens is 2. The molecule has 2 amide bonds. The van der Waals surface area contributed by atoms with E-state index in [1.54, 1.807) is 0 Å². The molecule has 3 heterocycles. The van der Waals surface area contributed by atoms with E-state index in [-0.39, 0.29) is 37.2 Å². The molecule has 0 saturated carbocycles. The number of imide groups is 1. The third-order valence-electron chi connectivity index (χ3n) is 4.78. The van der Waals surface area contributed by atoms with Gasteiger partial charge in [0.15, 0.2) is 0 Å². The van der Waals surface area contributed by atoms with Crippen LogP contribution in [-0.2, 0) is 14.4 Å². The van der Waals surface area contributed by atoms with Crippen molar-refractivity contribution in [2.45, 2.75) is 37.6 Å². The minimum atomic E-state index is -0.864. The van der Waals surface area contributed by atoms with E-state index in [4.69, 9.17) is 5.11 Å². The highest BCUT2D eigenvalue weighted by molar-refractivity contribution is 6.01. The highest BCUT2D eigenvalue weighted by Crippen LogP contribution is 2.29. The summed E-state index contributed by atoms with van der Waals surface area (Å²) in [4.78, 5) is 39.7. The van der Waals surface area contributed by atoms with E-state index >= 15 is 0 Å². The Bertz CT molecular complexity index is 725. The van der Waals surface area contributed by atoms with Gasteiger partial charge in [-0.05, 0) is 32.4 Å². The van der Waals surface area contributed by atoms with Gasteiger partial charge in [-0.15, -0.1) is 12.4 Å². The first kappa shape index (κ1) is 21.0. The van der Waals surface area contributed by atoms with Gasteiger partial charge in [0.05, 0.1) is 24.1 Å². The van der Waals surface area contributed by atoms with Crippen molar-refractivity contribution in [3.8, 4) is 0 Å². The van der Waals surface area contributed by atoms with Crippen molar-refractivity contribution in [2.24, 2.45) is 0 Å². The highest BCUT2D eigenvalue weighted by atomic mass is 35.5. The van der Waals surface area contributed by atoms with Crippen LogP contribution in [0.5, 0.6) is 0 Å². The van der Waals surface area contributed by atoms with Gasteiger partial charge in [-0.25, -0.2) is 4.39 Å². The van der Waals surface area contributed by atoms with Gasteiger partial charge in [0, 0.05) is 18.4 Å². The number of carbonyl (C=O) groups is 3. The summed E-state index contributed by atoms with van der Waals surface area (Å²) in [5.74, 6) is -2.08. The molecule has 1 aromatic rings. The Hall–Kier alpha value is -2.26. The molecule has 2 aliphatic heterocycles. The summed E-state index contributed by atoms with van der Waals surface area (Å²) >= 11 is 0. The van der Waals surface area contributed by atoms with Crippen LogP contribution in [0.4, 0.5) is 10.1 Å². The molecule has 10 heteroatoms. The maximum Gasteiger partial charge on any atom is 0.317 e. The van der Waals surface area contributed by atoms with E-state index in [9.17, 15) is 18.8 Å². The molecule has 0 aliphatic carbocycles. The Labute approximate surface area is 161 Å². The van der Waals surface area contributed by atoms with Crippen LogP contribution >= 0.6 is 12.4 Å². The number of carboxylic acid groups (broad SMARTS) is 1. The van der Waals surface area contributed by atoms with Gasteiger partial charge in [-0.1, -0.05) is 0 Å². The number of nitrogens with one attached hydrogen (secondary N) is 2. The van der Waals surface area contributed by atoms with E-state index in [0.717, 1.165) is 0 Å². The van der Waals surface area contributed by atoms with Gasteiger partial charge >= 0.3 is 5.97 Å². The molecule has 3 rings (SSSR count). The van der Waals surface area contributed by atoms with E-state index in [2.05, 4.69) is 15.6 Å². The molecule has 3 N–H and O–H groups in total. The summed E-state index contributed by atoms with van der Waals surface area (Å²) in [6, 6.07) is 0.731. The van der Waals surface area contributed by atoms with Crippen molar-refractivity contribution in [3.05, 3.63) is 23.8 Å². The molecule has 148 valence electrons. The number of carbonyl (C=O) groups excluding carboxylic acids is 2. The number of aliphatic carboxylic acids is 1. The van der Waals surface area contributed by atoms with Gasteiger partial charge < -0.3 is 10.4 Å². The Morgan fingerprint density at radius 2 is 2.04 bits per heavy atom. The molecule has 2 fully saturated rings. The second-order valence-electron chi connectivity index (χ2n) is 6.68. The van der Waals surface area contributed by atoms with Crippen LogP contribution < -0.4 is 10.6 Å².